The predicted octanol–water partition coefficient (Wildman–Crippen LogP) is 5.67. The Morgan fingerprint density at radius 3 is 2.65 bits per heavy atom. The van der Waals surface area contributed by atoms with Gasteiger partial charge in [0, 0.05) is 22.6 Å². The van der Waals surface area contributed by atoms with Gasteiger partial charge in [-0.1, -0.05) is 23.7 Å². The zero-order valence-corrected chi connectivity index (χ0v) is 17.0. The van der Waals surface area contributed by atoms with Gasteiger partial charge in [-0.25, -0.2) is 28.7 Å². The molecule has 0 bridgehead atoms. The number of aromatic amines is 1. The molecular formula is C22H15ClF2N6. The molecule has 0 saturated carbocycles. The molecule has 0 fully saturated rings. The molecule has 6 nitrogen and oxygen atoms in total. The largest absolute Gasteiger partial charge is 0.362 e. The van der Waals surface area contributed by atoms with Gasteiger partial charge in [-0.3, -0.25) is 0 Å². The number of nitrogens with one attached hydrogen (secondary N) is 2. The number of hydrogen-bond donors (Lipinski definition) is 2. The normalized spacial score (nSPS) is 12.4. The first-order valence-corrected chi connectivity index (χ1v) is 9.83. The molecule has 2 N–H and O–H groups in total. The number of aromatic nitrogens is 5. The van der Waals surface area contributed by atoms with E-state index in [1.54, 1.807) is 6.07 Å². The summed E-state index contributed by atoms with van der Waals surface area (Å²) in [6.45, 7) is 1.91. The van der Waals surface area contributed by atoms with Gasteiger partial charge in [-0.2, -0.15) is 0 Å². The Labute approximate surface area is 180 Å². The summed E-state index contributed by atoms with van der Waals surface area (Å²) in [5.74, 6) is -0.812. The van der Waals surface area contributed by atoms with Gasteiger partial charge in [0.05, 0.1) is 28.6 Å². The van der Waals surface area contributed by atoms with Crippen LogP contribution in [0.15, 0.2) is 55.1 Å². The van der Waals surface area contributed by atoms with Crippen molar-refractivity contribution in [3.63, 3.8) is 0 Å². The number of anilines is 1. The molecule has 0 unspecified atom stereocenters. The Bertz CT molecular complexity index is 1410. The van der Waals surface area contributed by atoms with E-state index in [9.17, 15) is 8.78 Å². The maximum Gasteiger partial charge on any atom is 0.182 e. The zero-order valence-electron chi connectivity index (χ0n) is 16.2. The van der Waals surface area contributed by atoms with E-state index < -0.39 is 11.6 Å². The van der Waals surface area contributed by atoms with Gasteiger partial charge in [0.15, 0.2) is 11.5 Å². The molecule has 0 spiro atoms. The highest BCUT2D eigenvalue weighted by molar-refractivity contribution is 6.35. The van der Waals surface area contributed by atoms with E-state index in [0.717, 1.165) is 17.0 Å². The van der Waals surface area contributed by atoms with Gasteiger partial charge < -0.3 is 10.3 Å². The first-order chi connectivity index (χ1) is 15.0. The second kappa shape index (κ2) is 7.55. The fraction of sp³-hybridized carbons (Fsp3) is 0.0909. The number of halogens is 3. The highest BCUT2D eigenvalue weighted by Gasteiger charge is 2.19. The molecule has 1 atom stereocenters. The van der Waals surface area contributed by atoms with E-state index in [0.29, 0.717) is 38.8 Å². The molecular weight excluding hydrogens is 422 g/mol. The van der Waals surface area contributed by atoms with Crippen molar-refractivity contribution in [2.24, 2.45) is 0 Å². The lowest BCUT2D eigenvalue weighted by Gasteiger charge is -2.19. The predicted molar refractivity (Wildman–Crippen MR) is 116 cm³/mol. The van der Waals surface area contributed by atoms with Gasteiger partial charge in [0.25, 0.3) is 0 Å². The minimum absolute atomic E-state index is 0.317. The highest BCUT2D eigenvalue weighted by Crippen LogP contribution is 2.34. The third-order valence-electron chi connectivity index (χ3n) is 5.00. The first-order valence-electron chi connectivity index (χ1n) is 9.46. The van der Waals surface area contributed by atoms with E-state index >= 15 is 0 Å². The number of H-pyrrole nitrogens is 1. The van der Waals surface area contributed by atoms with E-state index in [1.165, 1.54) is 24.8 Å². The van der Waals surface area contributed by atoms with Crippen LogP contribution in [0.2, 0.25) is 5.02 Å². The second-order valence-electron chi connectivity index (χ2n) is 7.09. The molecule has 0 aliphatic heterocycles. The minimum Gasteiger partial charge on any atom is -0.362 e. The number of nitrogens with zero attached hydrogens (tertiary/aromatic N) is 4. The molecule has 0 radical (unpaired) electrons. The number of para-hydroxylation sites is 1. The van der Waals surface area contributed by atoms with Crippen LogP contribution in [0, 0.1) is 11.6 Å². The molecule has 0 aliphatic rings. The van der Waals surface area contributed by atoms with E-state index in [1.807, 2.05) is 25.1 Å². The third-order valence-corrected chi connectivity index (χ3v) is 5.31. The summed E-state index contributed by atoms with van der Waals surface area (Å²) in [7, 11) is 0. The van der Waals surface area contributed by atoms with Crippen LogP contribution in [0.1, 0.15) is 18.5 Å². The Morgan fingerprint density at radius 1 is 1.03 bits per heavy atom. The minimum atomic E-state index is -0.683. The number of imidazole rings is 1. The maximum atomic E-state index is 14.0. The Kier molecular flexibility index (Phi) is 4.71. The molecule has 154 valence electrons. The number of benzene rings is 2. The summed E-state index contributed by atoms with van der Waals surface area (Å²) in [5, 5.41) is 4.59. The van der Waals surface area contributed by atoms with Crippen molar-refractivity contribution in [1.82, 2.24) is 24.9 Å². The average molecular weight is 437 g/mol. The Hall–Kier alpha value is -3.65. The van der Waals surface area contributed by atoms with Crippen molar-refractivity contribution in [1.29, 1.82) is 0 Å². The molecule has 0 aliphatic carbocycles. The molecule has 3 heterocycles. The molecule has 5 aromatic rings. The summed E-state index contributed by atoms with van der Waals surface area (Å²) in [4.78, 5) is 20.2. The van der Waals surface area contributed by atoms with Crippen molar-refractivity contribution in [3.05, 3.63) is 77.3 Å². The van der Waals surface area contributed by atoms with Crippen molar-refractivity contribution in [2.75, 3.05) is 5.32 Å². The third kappa shape index (κ3) is 3.55. The lowest BCUT2D eigenvalue weighted by molar-refractivity contribution is 0.584. The van der Waals surface area contributed by atoms with Crippen LogP contribution in [0.3, 0.4) is 0 Å². The summed E-state index contributed by atoms with van der Waals surface area (Å²) in [6.07, 6.45) is 2.95. The molecule has 9 heteroatoms. The number of pyridine rings is 1. The Morgan fingerprint density at radius 2 is 1.84 bits per heavy atom. The van der Waals surface area contributed by atoms with Gasteiger partial charge >= 0.3 is 0 Å². The molecule has 5 rings (SSSR count). The number of hydrogen-bond acceptors (Lipinski definition) is 5. The van der Waals surface area contributed by atoms with Gasteiger partial charge in [-0.05, 0) is 31.2 Å². The van der Waals surface area contributed by atoms with Crippen molar-refractivity contribution in [3.8, 4) is 11.3 Å². The molecule has 2 aromatic carbocycles. The lowest BCUT2D eigenvalue weighted by Crippen LogP contribution is -2.11. The topological polar surface area (TPSA) is 79.4 Å². The molecule has 0 saturated heterocycles. The van der Waals surface area contributed by atoms with Crippen LogP contribution in [0.5, 0.6) is 0 Å². The van der Waals surface area contributed by atoms with Gasteiger partial charge in [0.2, 0.25) is 0 Å². The SMILES string of the molecule is C[C@H](Nc1ncnc2nc[nH]c12)c1cc2cccc(Cl)c2nc1-c1cc(F)cc(F)c1. The first kappa shape index (κ1) is 19.3. The van der Waals surface area contributed by atoms with Crippen LogP contribution in [-0.4, -0.2) is 24.9 Å². The van der Waals surface area contributed by atoms with Crippen molar-refractivity contribution < 1.29 is 8.78 Å². The van der Waals surface area contributed by atoms with Crippen LogP contribution < -0.4 is 5.32 Å². The summed E-state index contributed by atoms with van der Waals surface area (Å²) < 4.78 is 28.0. The summed E-state index contributed by atoms with van der Waals surface area (Å²) in [5.41, 5.74) is 3.21. The second-order valence-corrected chi connectivity index (χ2v) is 7.49. The molecule has 0 amide bonds. The highest BCUT2D eigenvalue weighted by atomic mass is 35.5. The van der Waals surface area contributed by atoms with Crippen LogP contribution in [0.25, 0.3) is 33.3 Å². The molecule has 3 aromatic heterocycles. The van der Waals surface area contributed by atoms with Crippen LogP contribution >= 0.6 is 11.6 Å². The van der Waals surface area contributed by atoms with Crippen LogP contribution in [-0.2, 0) is 0 Å². The van der Waals surface area contributed by atoms with Gasteiger partial charge in [0.1, 0.15) is 23.5 Å². The maximum absolute atomic E-state index is 14.0. The quantitative estimate of drug-likeness (QED) is 0.379. The van der Waals surface area contributed by atoms with Crippen LogP contribution in [0.4, 0.5) is 14.6 Å². The standard InChI is InChI=1S/C22H15ClF2N6/c1-11(30-22-20-21(27-9-26-20)28-10-29-22)16-7-12-3-2-4-17(23)19(12)31-18(16)13-5-14(24)8-15(25)6-13/h2-11H,1H3,(H2,26,27,28,29,30)/t11-/m0/s1. The Balaban J connectivity index is 1.68. The van der Waals surface area contributed by atoms with Crippen molar-refractivity contribution in [2.45, 2.75) is 13.0 Å². The summed E-state index contributed by atoms with van der Waals surface area (Å²) >= 11 is 6.34. The number of fused-ring (bicyclic) bond motifs is 2. The van der Waals surface area contributed by atoms with E-state index in [-0.39, 0.29) is 6.04 Å². The summed E-state index contributed by atoms with van der Waals surface area (Å²) in [6, 6.07) is 10.4. The van der Waals surface area contributed by atoms with Crippen molar-refractivity contribution >= 4 is 39.5 Å². The zero-order chi connectivity index (χ0) is 21.5. The fourth-order valence-corrected chi connectivity index (χ4v) is 3.81. The number of rotatable bonds is 4. The van der Waals surface area contributed by atoms with E-state index in [4.69, 9.17) is 11.6 Å². The average Bonchev–Trinajstić information content (AvgIpc) is 3.22. The molecule has 31 heavy (non-hydrogen) atoms. The van der Waals surface area contributed by atoms with E-state index in [2.05, 4.69) is 30.2 Å². The smallest absolute Gasteiger partial charge is 0.182 e. The lowest BCUT2D eigenvalue weighted by atomic mass is 9.98. The van der Waals surface area contributed by atoms with Gasteiger partial charge in [-0.15, -0.1) is 0 Å². The fourth-order valence-electron chi connectivity index (χ4n) is 3.59. The monoisotopic (exact) mass is 436 g/mol.